The van der Waals surface area contributed by atoms with Gasteiger partial charge < -0.3 is 9.52 Å². The molecule has 1 aromatic rings. The van der Waals surface area contributed by atoms with Gasteiger partial charge in [0.05, 0.1) is 24.5 Å². The lowest BCUT2D eigenvalue weighted by molar-refractivity contribution is -0.141. The zero-order valence-corrected chi connectivity index (χ0v) is 12.6. The van der Waals surface area contributed by atoms with Gasteiger partial charge in [-0.1, -0.05) is 20.3 Å². The number of carboxylic acids is 1. The van der Waals surface area contributed by atoms with Crippen LogP contribution in [0.4, 0.5) is 0 Å². The maximum absolute atomic E-state index is 12.3. The van der Waals surface area contributed by atoms with Crippen LogP contribution in [0.3, 0.4) is 0 Å². The van der Waals surface area contributed by atoms with Crippen molar-refractivity contribution in [3.8, 4) is 0 Å². The van der Waals surface area contributed by atoms with Crippen molar-refractivity contribution in [2.75, 3.05) is 12.3 Å². The van der Waals surface area contributed by atoms with E-state index in [1.165, 1.54) is 17.5 Å². The highest BCUT2D eigenvalue weighted by Crippen LogP contribution is 2.14. The minimum Gasteiger partial charge on any atom is -0.481 e. The van der Waals surface area contributed by atoms with Crippen LogP contribution in [0.15, 0.2) is 22.8 Å². The van der Waals surface area contributed by atoms with E-state index >= 15 is 0 Å². The second kappa shape index (κ2) is 7.44. The lowest BCUT2D eigenvalue weighted by Gasteiger charge is -2.23. The molecule has 1 heterocycles. The topological polar surface area (TPSA) is 87.8 Å². The number of rotatable bonds is 9. The predicted octanol–water partition coefficient (Wildman–Crippen LogP) is 1.93. The van der Waals surface area contributed by atoms with Crippen molar-refractivity contribution in [1.82, 2.24) is 4.31 Å². The molecule has 0 spiro atoms. The Morgan fingerprint density at radius 2 is 2.20 bits per heavy atom. The summed E-state index contributed by atoms with van der Waals surface area (Å²) in [6.07, 6.45) is 2.79. The Hall–Kier alpha value is -1.34. The second-order valence-electron chi connectivity index (χ2n) is 4.78. The molecule has 0 aromatic carbocycles. The molecule has 0 amide bonds. The van der Waals surface area contributed by atoms with Gasteiger partial charge in [-0.25, -0.2) is 8.42 Å². The maximum atomic E-state index is 12.3. The third-order valence-electron chi connectivity index (χ3n) is 2.96. The highest BCUT2D eigenvalue weighted by atomic mass is 32.2. The molecule has 1 unspecified atom stereocenters. The van der Waals surface area contributed by atoms with E-state index in [0.717, 1.165) is 6.42 Å². The Morgan fingerprint density at radius 3 is 2.70 bits per heavy atom. The number of sulfonamides is 1. The van der Waals surface area contributed by atoms with Crippen LogP contribution in [0.25, 0.3) is 0 Å². The van der Waals surface area contributed by atoms with Crippen LogP contribution in [0.5, 0.6) is 0 Å². The number of unbranched alkanes of at least 4 members (excludes halogenated alkanes) is 1. The third kappa shape index (κ3) is 4.97. The molecule has 0 saturated carbocycles. The molecular weight excluding hydrogens is 282 g/mol. The van der Waals surface area contributed by atoms with E-state index in [4.69, 9.17) is 9.52 Å². The molecule has 1 N–H and O–H groups in total. The van der Waals surface area contributed by atoms with Gasteiger partial charge in [0.1, 0.15) is 5.76 Å². The van der Waals surface area contributed by atoms with Crippen LogP contribution in [0, 0.1) is 5.92 Å². The molecular formula is C13H21NO5S. The maximum Gasteiger partial charge on any atom is 0.307 e. The number of aliphatic carboxylic acids is 1. The first kappa shape index (κ1) is 16.7. The number of carboxylic acid groups (broad SMARTS) is 1. The van der Waals surface area contributed by atoms with Crippen molar-refractivity contribution < 1.29 is 22.7 Å². The molecule has 0 saturated heterocycles. The van der Waals surface area contributed by atoms with E-state index in [1.54, 1.807) is 12.1 Å². The molecule has 1 atom stereocenters. The Labute approximate surface area is 119 Å². The second-order valence-corrected chi connectivity index (χ2v) is 6.87. The number of nitrogens with zero attached hydrogens (tertiary/aromatic N) is 1. The SMILES string of the molecule is CCCCS(=O)(=O)N(Cc1ccco1)CC(C)C(=O)O. The first-order valence-corrected chi connectivity index (χ1v) is 8.20. The molecule has 1 aromatic heterocycles. The molecule has 0 aliphatic heterocycles. The molecule has 7 heteroatoms. The molecule has 0 radical (unpaired) electrons. The fourth-order valence-electron chi connectivity index (χ4n) is 1.69. The van der Waals surface area contributed by atoms with Crippen LogP contribution in [0.1, 0.15) is 32.4 Å². The molecule has 114 valence electrons. The van der Waals surface area contributed by atoms with Gasteiger partial charge in [0.25, 0.3) is 0 Å². The van der Waals surface area contributed by atoms with E-state index in [9.17, 15) is 13.2 Å². The molecule has 0 aliphatic carbocycles. The zero-order valence-electron chi connectivity index (χ0n) is 11.8. The van der Waals surface area contributed by atoms with Gasteiger partial charge >= 0.3 is 5.97 Å². The average molecular weight is 303 g/mol. The molecule has 0 fully saturated rings. The van der Waals surface area contributed by atoms with Gasteiger partial charge in [-0.15, -0.1) is 0 Å². The van der Waals surface area contributed by atoms with Gasteiger partial charge in [0.15, 0.2) is 0 Å². The van der Waals surface area contributed by atoms with E-state index in [1.807, 2.05) is 6.92 Å². The van der Waals surface area contributed by atoms with Crippen molar-refractivity contribution in [2.24, 2.45) is 5.92 Å². The summed E-state index contributed by atoms with van der Waals surface area (Å²) < 4.78 is 30.9. The largest absolute Gasteiger partial charge is 0.481 e. The normalized spacial score (nSPS) is 13.6. The van der Waals surface area contributed by atoms with Crippen molar-refractivity contribution in [3.63, 3.8) is 0 Å². The number of hydrogen-bond acceptors (Lipinski definition) is 4. The molecule has 20 heavy (non-hydrogen) atoms. The predicted molar refractivity (Wildman–Crippen MR) is 74.6 cm³/mol. The summed E-state index contributed by atoms with van der Waals surface area (Å²) in [5.74, 6) is -1.25. The minimum atomic E-state index is -3.48. The van der Waals surface area contributed by atoms with Gasteiger partial charge in [0.2, 0.25) is 10.0 Å². The van der Waals surface area contributed by atoms with Crippen LogP contribution < -0.4 is 0 Å². The Kier molecular flexibility index (Phi) is 6.22. The van der Waals surface area contributed by atoms with E-state index in [-0.39, 0.29) is 18.8 Å². The van der Waals surface area contributed by atoms with Crippen LogP contribution in [-0.4, -0.2) is 36.1 Å². The third-order valence-corrected chi connectivity index (χ3v) is 4.83. The van der Waals surface area contributed by atoms with Crippen LogP contribution in [-0.2, 0) is 21.4 Å². The molecule has 0 bridgehead atoms. The lowest BCUT2D eigenvalue weighted by Crippen LogP contribution is -2.37. The zero-order chi connectivity index (χ0) is 15.2. The lowest BCUT2D eigenvalue weighted by atomic mass is 10.2. The first-order valence-electron chi connectivity index (χ1n) is 6.59. The van der Waals surface area contributed by atoms with Crippen LogP contribution in [0.2, 0.25) is 0 Å². The van der Waals surface area contributed by atoms with Crippen molar-refractivity contribution in [3.05, 3.63) is 24.2 Å². The summed E-state index contributed by atoms with van der Waals surface area (Å²) in [5.41, 5.74) is 0. The van der Waals surface area contributed by atoms with E-state index < -0.39 is 21.9 Å². The van der Waals surface area contributed by atoms with Gasteiger partial charge in [-0.05, 0) is 18.6 Å². The van der Waals surface area contributed by atoms with Crippen molar-refractivity contribution in [2.45, 2.75) is 33.2 Å². The highest BCUT2D eigenvalue weighted by molar-refractivity contribution is 7.89. The molecule has 0 aliphatic rings. The van der Waals surface area contributed by atoms with E-state index in [0.29, 0.717) is 12.2 Å². The fraction of sp³-hybridized carbons (Fsp3) is 0.615. The average Bonchev–Trinajstić information content (AvgIpc) is 2.88. The Morgan fingerprint density at radius 1 is 1.50 bits per heavy atom. The van der Waals surface area contributed by atoms with Crippen LogP contribution >= 0.6 is 0 Å². The summed E-state index contributed by atoms with van der Waals surface area (Å²) in [4.78, 5) is 10.9. The Bertz CT molecular complexity index is 509. The first-order chi connectivity index (χ1) is 9.36. The van der Waals surface area contributed by atoms with Crippen molar-refractivity contribution >= 4 is 16.0 Å². The van der Waals surface area contributed by atoms with Gasteiger partial charge in [-0.3, -0.25) is 4.79 Å². The Balaban J connectivity index is 2.85. The van der Waals surface area contributed by atoms with Crippen molar-refractivity contribution in [1.29, 1.82) is 0 Å². The summed E-state index contributed by atoms with van der Waals surface area (Å²) in [6, 6.07) is 3.35. The van der Waals surface area contributed by atoms with Gasteiger partial charge in [0, 0.05) is 6.54 Å². The number of carbonyl (C=O) groups is 1. The number of hydrogen-bond donors (Lipinski definition) is 1. The smallest absolute Gasteiger partial charge is 0.307 e. The summed E-state index contributed by atoms with van der Waals surface area (Å²) in [7, 11) is -3.48. The number of furan rings is 1. The molecule has 6 nitrogen and oxygen atoms in total. The summed E-state index contributed by atoms with van der Waals surface area (Å²) in [5, 5.41) is 8.95. The van der Waals surface area contributed by atoms with E-state index in [2.05, 4.69) is 0 Å². The summed E-state index contributed by atoms with van der Waals surface area (Å²) in [6.45, 7) is 3.41. The summed E-state index contributed by atoms with van der Waals surface area (Å²) >= 11 is 0. The minimum absolute atomic E-state index is 0.0244. The van der Waals surface area contributed by atoms with Gasteiger partial charge in [-0.2, -0.15) is 4.31 Å². The molecule has 1 rings (SSSR count). The standard InChI is InChI=1S/C13H21NO5S/c1-3-4-8-20(17,18)14(9-11(2)13(15)16)10-12-6-5-7-19-12/h5-7,11H,3-4,8-10H2,1-2H3,(H,15,16). The quantitative estimate of drug-likeness (QED) is 0.753. The highest BCUT2D eigenvalue weighted by Gasteiger charge is 2.26. The fourth-order valence-corrected chi connectivity index (χ4v) is 3.38. The monoisotopic (exact) mass is 303 g/mol.